The van der Waals surface area contributed by atoms with Gasteiger partial charge in [-0.1, -0.05) is 65.7 Å². The molecule has 1 aliphatic carbocycles. The Kier molecular flexibility index (Phi) is 7.99. The predicted molar refractivity (Wildman–Crippen MR) is 173 cm³/mol. The maximum Gasteiger partial charge on any atom is 0.339 e. The van der Waals surface area contributed by atoms with Crippen LogP contribution in [0, 0.1) is 25.7 Å². The van der Waals surface area contributed by atoms with Crippen LogP contribution in [0.4, 0.5) is 5.69 Å². The number of pyridine rings is 1. The lowest BCUT2D eigenvalue weighted by Crippen LogP contribution is -2.30. The Hall–Kier alpha value is -4.14. The number of anilines is 1. The molecule has 0 N–H and O–H groups in total. The van der Waals surface area contributed by atoms with Gasteiger partial charge >= 0.3 is 5.97 Å². The van der Waals surface area contributed by atoms with Crippen molar-refractivity contribution >= 4 is 67.7 Å². The number of carbonyl (C=O) groups excluding carboxylic acids is 4. The molecule has 0 radical (unpaired) electrons. The van der Waals surface area contributed by atoms with Crippen LogP contribution < -0.4 is 4.90 Å². The summed E-state index contributed by atoms with van der Waals surface area (Å²) < 4.78 is 6.29. The van der Waals surface area contributed by atoms with Crippen molar-refractivity contribution in [2.45, 2.75) is 39.7 Å². The van der Waals surface area contributed by atoms with Gasteiger partial charge in [-0.3, -0.25) is 19.3 Å². The minimum absolute atomic E-state index is 0.184. The second-order valence-electron chi connectivity index (χ2n) is 11.2. The molecule has 6 rings (SSSR count). The van der Waals surface area contributed by atoms with Crippen LogP contribution in [0.1, 0.15) is 51.6 Å². The van der Waals surface area contributed by atoms with Crippen LogP contribution >= 0.6 is 27.5 Å². The number of Topliss-reactive ketones (excluding diaryl/α,β-unsaturated/α-hetero) is 1. The highest BCUT2D eigenvalue weighted by atomic mass is 79.9. The first-order chi connectivity index (χ1) is 21.0. The molecule has 44 heavy (non-hydrogen) atoms. The molecular weight excluding hydrogens is 644 g/mol. The molecule has 3 unspecified atom stereocenters. The van der Waals surface area contributed by atoms with Crippen LogP contribution in [0.15, 0.2) is 77.3 Å². The molecule has 1 saturated heterocycles. The monoisotopic (exact) mass is 670 g/mol. The van der Waals surface area contributed by atoms with E-state index in [9.17, 15) is 19.2 Å². The van der Waals surface area contributed by atoms with Gasteiger partial charge in [-0.15, -0.1) is 0 Å². The van der Waals surface area contributed by atoms with E-state index in [0.29, 0.717) is 61.3 Å². The standard InChI is InChI=1S/C35H28BrClN2O5/c1-18-8-10-22(11-9-18)32(40)20(3)44-35(43)27-17-29(38-31-19(2)30(37)28(36)16-26(27)31)21-12-14-23(15-13-21)39-33(41)24-6-4-5-7-25(24)34(39)42/h4-5,8-17,20,24-25H,6-7H2,1-3H3. The zero-order valence-corrected chi connectivity index (χ0v) is 26.6. The highest BCUT2D eigenvalue weighted by Gasteiger charge is 2.47. The van der Waals surface area contributed by atoms with Gasteiger partial charge in [0.25, 0.3) is 0 Å². The minimum atomic E-state index is -1.03. The molecule has 0 saturated carbocycles. The Balaban J connectivity index is 1.35. The molecule has 1 fully saturated rings. The van der Waals surface area contributed by atoms with Gasteiger partial charge in [0, 0.05) is 21.0 Å². The van der Waals surface area contributed by atoms with Crippen molar-refractivity contribution in [2.24, 2.45) is 11.8 Å². The van der Waals surface area contributed by atoms with Crippen LogP contribution in [-0.2, 0) is 14.3 Å². The number of amides is 2. The Bertz CT molecular complexity index is 1860. The van der Waals surface area contributed by atoms with Crippen LogP contribution in [0.3, 0.4) is 0 Å². The third kappa shape index (κ3) is 5.26. The molecule has 222 valence electrons. The number of rotatable bonds is 6. The molecule has 1 aromatic heterocycles. The zero-order valence-electron chi connectivity index (χ0n) is 24.3. The van der Waals surface area contributed by atoms with Gasteiger partial charge in [0.2, 0.25) is 17.6 Å². The van der Waals surface area contributed by atoms with E-state index in [4.69, 9.17) is 21.3 Å². The topological polar surface area (TPSA) is 93.6 Å². The number of aromatic nitrogens is 1. The zero-order chi connectivity index (χ0) is 31.3. The number of ketones is 1. The summed E-state index contributed by atoms with van der Waals surface area (Å²) in [5.74, 6) is -2.01. The second kappa shape index (κ2) is 11.7. The number of aryl methyl sites for hydroxylation is 2. The maximum absolute atomic E-state index is 13.6. The van der Waals surface area contributed by atoms with E-state index in [1.165, 1.54) is 4.90 Å². The first kappa shape index (κ1) is 29.9. The molecule has 3 aromatic carbocycles. The number of hydrogen-bond donors (Lipinski definition) is 0. The number of esters is 1. The van der Waals surface area contributed by atoms with Gasteiger partial charge in [-0.05, 0) is 79.4 Å². The van der Waals surface area contributed by atoms with Crippen molar-refractivity contribution in [3.63, 3.8) is 0 Å². The van der Waals surface area contributed by atoms with Crippen LogP contribution in [-0.4, -0.2) is 34.7 Å². The van der Waals surface area contributed by atoms with E-state index in [1.807, 2.05) is 38.1 Å². The first-order valence-corrected chi connectivity index (χ1v) is 15.5. The Morgan fingerprint density at radius 2 is 1.57 bits per heavy atom. The molecule has 2 aliphatic rings. The summed E-state index contributed by atoms with van der Waals surface area (Å²) in [7, 11) is 0. The SMILES string of the molecule is Cc1ccc(C(=O)C(C)OC(=O)c2cc(-c3ccc(N4C(=O)C5CC=CCC5C4=O)cc3)nc3c(C)c(Cl)c(Br)cc23)cc1. The van der Waals surface area contributed by atoms with Crippen molar-refractivity contribution in [2.75, 3.05) is 4.90 Å². The third-order valence-corrected chi connectivity index (χ3v) is 9.70. The summed E-state index contributed by atoms with van der Waals surface area (Å²) >= 11 is 10.0. The number of nitrogens with zero attached hydrogens (tertiary/aromatic N) is 2. The summed E-state index contributed by atoms with van der Waals surface area (Å²) in [5, 5.41) is 0.977. The van der Waals surface area contributed by atoms with E-state index in [2.05, 4.69) is 15.9 Å². The number of hydrogen-bond acceptors (Lipinski definition) is 6. The highest BCUT2D eigenvalue weighted by Crippen LogP contribution is 2.39. The van der Waals surface area contributed by atoms with E-state index in [1.54, 1.807) is 55.5 Å². The molecule has 4 aromatic rings. The smallest absolute Gasteiger partial charge is 0.339 e. The lowest BCUT2D eigenvalue weighted by molar-refractivity contribution is -0.122. The number of benzene rings is 3. The molecule has 1 aliphatic heterocycles. The second-order valence-corrected chi connectivity index (χ2v) is 12.5. The van der Waals surface area contributed by atoms with Gasteiger partial charge in [0.05, 0.1) is 39.3 Å². The Labute approximate surface area is 268 Å². The van der Waals surface area contributed by atoms with Gasteiger partial charge < -0.3 is 4.74 Å². The lowest BCUT2D eigenvalue weighted by atomic mass is 9.85. The summed E-state index contributed by atoms with van der Waals surface area (Å²) in [6, 6.07) is 17.4. The van der Waals surface area contributed by atoms with E-state index >= 15 is 0 Å². The Morgan fingerprint density at radius 3 is 2.18 bits per heavy atom. The number of allylic oxidation sites excluding steroid dienone is 2. The lowest BCUT2D eigenvalue weighted by Gasteiger charge is -2.17. The molecule has 7 nitrogen and oxygen atoms in total. The molecule has 2 heterocycles. The van der Waals surface area contributed by atoms with Gasteiger partial charge in [-0.2, -0.15) is 0 Å². The number of ether oxygens (including phenoxy) is 1. The fraction of sp³-hybridized carbons (Fsp3) is 0.229. The molecule has 0 spiro atoms. The number of imide groups is 1. The minimum Gasteiger partial charge on any atom is -0.451 e. The molecule has 3 atom stereocenters. The summed E-state index contributed by atoms with van der Waals surface area (Å²) in [6.45, 7) is 5.29. The van der Waals surface area contributed by atoms with Crippen molar-refractivity contribution in [1.29, 1.82) is 0 Å². The van der Waals surface area contributed by atoms with Crippen LogP contribution in [0.25, 0.3) is 22.2 Å². The quantitative estimate of drug-likeness (QED) is 0.0898. The Morgan fingerprint density at radius 1 is 0.955 bits per heavy atom. The predicted octanol–water partition coefficient (Wildman–Crippen LogP) is 7.82. The fourth-order valence-corrected chi connectivity index (χ4v) is 6.51. The fourth-order valence-electron chi connectivity index (χ4n) is 5.84. The van der Waals surface area contributed by atoms with Crippen molar-refractivity contribution in [1.82, 2.24) is 4.98 Å². The number of carbonyl (C=O) groups is 4. The van der Waals surface area contributed by atoms with Crippen molar-refractivity contribution in [3.8, 4) is 11.3 Å². The molecular formula is C35H28BrClN2O5. The average molecular weight is 672 g/mol. The largest absolute Gasteiger partial charge is 0.451 e. The van der Waals surface area contributed by atoms with Gasteiger partial charge in [0.15, 0.2) is 6.10 Å². The normalized spacial score (nSPS) is 18.4. The number of fused-ring (bicyclic) bond motifs is 2. The first-order valence-electron chi connectivity index (χ1n) is 14.3. The number of halogens is 2. The molecule has 2 amide bonds. The van der Waals surface area contributed by atoms with Crippen LogP contribution in [0.5, 0.6) is 0 Å². The molecule has 0 bridgehead atoms. The highest BCUT2D eigenvalue weighted by molar-refractivity contribution is 9.10. The van der Waals surface area contributed by atoms with Crippen molar-refractivity contribution < 1.29 is 23.9 Å². The van der Waals surface area contributed by atoms with Crippen molar-refractivity contribution in [3.05, 3.63) is 105 Å². The summed E-state index contributed by atoms with van der Waals surface area (Å²) in [6.07, 6.45) is 4.02. The van der Waals surface area contributed by atoms with Gasteiger partial charge in [-0.25, -0.2) is 9.78 Å². The van der Waals surface area contributed by atoms with Crippen LogP contribution in [0.2, 0.25) is 5.02 Å². The molecule has 9 heteroatoms. The third-order valence-electron chi connectivity index (χ3n) is 8.36. The maximum atomic E-state index is 13.6. The van der Waals surface area contributed by atoms with E-state index < -0.39 is 12.1 Å². The van der Waals surface area contributed by atoms with Gasteiger partial charge in [0.1, 0.15) is 0 Å². The van der Waals surface area contributed by atoms with E-state index in [0.717, 1.165) is 5.56 Å². The van der Waals surface area contributed by atoms with E-state index in [-0.39, 0.29) is 35.0 Å². The summed E-state index contributed by atoms with van der Waals surface area (Å²) in [4.78, 5) is 58.9. The average Bonchev–Trinajstić information content (AvgIpc) is 3.28. The summed E-state index contributed by atoms with van der Waals surface area (Å²) in [5.41, 5.74) is 4.47.